The zero-order valence-corrected chi connectivity index (χ0v) is 28.4. The minimum absolute atomic E-state index is 0.0819. The Morgan fingerprint density at radius 3 is 2.10 bits per heavy atom. The van der Waals surface area contributed by atoms with Crippen molar-refractivity contribution in [2.24, 2.45) is 0 Å². The molecular formula is C42H44O7. The van der Waals surface area contributed by atoms with Crippen molar-refractivity contribution < 1.29 is 33.5 Å². The van der Waals surface area contributed by atoms with E-state index in [1.54, 1.807) is 0 Å². The molecule has 0 amide bonds. The van der Waals surface area contributed by atoms with Crippen LogP contribution in [0, 0.1) is 0 Å². The van der Waals surface area contributed by atoms with E-state index in [1.165, 1.54) is 43.2 Å². The fourth-order valence-electron chi connectivity index (χ4n) is 7.81. The lowest BCUT2D eigenvalue weighted by molar-refractivity contribution is -0.293. The Kier molecular flexibility index (Phi) is 9.17. The molecule has 0 N–H and O–H groups in total. The van der Waals surface area contributed by atoms with Gasteiger partial charge in [-0.25, -0.2) is 9.78 Å². The summed E-state index contributed by atoms with van der Waals surface area (Å²) < 4.78 is 29.8. The Bertz CT molecular complexity index is 1930. The molecule has 2 atom stereocenters. The van der Waals surface area contributed by atoms with Gasteiger partial charge in [0.1, 0.15) is 49.4 Å². The van der Waals surface area contributed by atoms with Crippen molar-refractivity contribution in [3.05, 3.63) is 107 Å². The quantitative estimate of drug-likeness (QED) is 0.0539. The highest BCUT2D eigenvalue weighted by Gasteiger charge is 2.42. The second-order valence-corrected chi connectivity index (χ2v) is 13.4. The SMILES string of the molecule is CCOOCCOc1ccc2c3c(ccc2c1)Oc1ccc2ccc(OCCOC4CO4)cc2c1C3(C)c1ccc(C2CCCCC2)cc1. The minimum atomic E-state index is -0.536. The number of fused-ring (bicyclic) bond motifs is 6. The molecule has 3 aliphatic rings. The van der Waals surface area contributed by atoms with Crippen molar-refractivity contribution in [3.8, 4) is 23.0 Å². The Morgan fingerprint density at radius 2 is 1.35 bits per heavy atom. The number of hydrogen-bond donors (Lipinski definition) is 0. The van der Waals surface area contributed by atoms with Crippen LogP contribution in [0.5, 0.6) is 23.0 Å². The predicted octanol–water partition coefficient (Wildman–Crippen LogP) is 9.60. The van der Waals surface area contributed by atoms with Gasteiger partial charge in [-0.2, -0.15) is 0 Å². The third-order valence-electron chi connectivity index (χ3n) is 10.3. The molecule has 2 aliphatic heterocycles. The molecule has 5 aromatic rings. The standard InChI is InChI=1S/C42H44O7/c1-3-47-48-24-23-44-33-17-18-35-31(25-33)13-20-37-40(35)42(2,32-14-9-29(10-15-32)28-7-5-4-6-8-28)41-36-26-34(43-21-22-45-39-27-46-39)16-11-30(36)12-19-38(41)49-37/h9-20,25-26,28,39H,3-8,21-24,27H2,1-2H3. The number of rotatable bonds is 13. The summed E-state index contributed by atoms with van der Waals surface area (Å²) >= 11 is 0. The van der Waals surface area contributed by atoms with Gasteiger partial charge in [-0.3, -0.25) is 0 Å². The summed E-state index contributed by atoms with van der Waals surface area (Å²) in [5.41, 5.74) is 4.42. The highest BCUT2D eigenvalue weighted by molar-refractivity contribution is 5.97. The second kappa shape index (κ2) is 14.0. The first-order chi connectivity index (χ1) is 24.1. The molecule has 0 spiro atoms. The number of benzene rings is 5. The maximum absolute atomic E-state index is 6.80. The molecule has 1 aliphatic carbocycles. The topological polar surface area (TPSA) is 67.9 Å². The van der Waals surface area contributed by atoms with Crippen LogP contribution in [0.4, 0.5) is 0 Å². The minimum Gasteiger partial charge on any atom is -0.491 e. The summed E-state index contributed by atoms with van der Waals surface area (Å²) in [7, 11) is 0. The molecule has 0 bridgehead atoms. The first kappa shape index (κ1) is 32.1. The van der Waals surface area contributed by atoms with Gasteiger partial charge in [0.05, 0.1) is 18.6 Å². The Hall–Kier alpha value is -4.14. The molecule has 7 nitrogen and oxygen atoms in total. The Labute approximate surface area is 287 Å². The van der Waals surface area contributed by atoms with Gasteiger partial charge in [0.25, 0.3) is 0 Å². The molecule has 49 heavy (non-hydrogen) atoms. The highest BCUT2D eigenvalue weighted by atomic mass is 17.2. The van der Waals surface area contributed by atoms with Gasteiger partial charge in [-0.05, 0) is 102 Å². The van der Waals surface area contributed by atoms with Crippen LogP contribution < -0.4 is 14.2 Å². The summed E-state index contributed by atoms with van der Waals surface area (Å²) in [6, 6.07) is 30.6. The van der Waals surface area contributed by atoms with E-state index in [9.17, 15) is 0 Å². The lowest BCUT2D eigenvalue weighted by Crippen LogP contribution is -2.30. The molecule has 2 heterocycles. The molecular weight excluding hydrogens is 616 g/mol. The van der Waals surface area contributed by atoms with E-state index in [-0.39, 0.29) is 6.29 Å². The van der Waals surface area contributed by atoms with E-state index < -0.39 is 5.41 Å². The molecule has 0 radical (unpaired) electrons. The molecule has 7 heteroatoms. The lowest BCUT2D eigenvalue weighted by atomic mass is 9.66. The maximum Gasteiger partial charge on any atom is 0.181 e. The summed E-state index contributed by atoms with van der Waals surface area (Å²) in [6.07, 6.45) is 6.44. The van der Waals surface area contributed by atoms with Gasteiger partial charge >= 0.3 is 0 Å². The Morgan fingerprint density at radius 1 is 0.673 bits per heavy atom. The van der Waals surface area contributed by atoms with Gasteiger partial charge in [-0.1, -0.05) is 67.8 Å². The van der Waals surface area contributed by atoms with Crippen LogP contribution in [0.15, 0.2) is 84.9 Å². The van der Waals surface area contributed by atoms with E-state index in [4.69, 9.17) is 33.5 Å². The lowest BCUT2D eigenvalue weighted by Gasteiger charge is -2.40. The first-order valence-corrected chi connectivity index (χ1v) is 17.8. The van der Waals surface area contributed by atoms with E-state index in [0.717, 1.165) is 55.7 Å². The monoisotopic (exact) mass is 660 g/mol. The second-order valence-electron chi connectivity index (χ2n) is 13.4. The van der Waals surface area contributed by atoms with E-state index in [2.05, 4.69) is 79.7 Å². The van der Waals surface area contributed by atoms with Crippen LogP contribution in [-0.2, 0) is 24.7 Å². The largest absolute Gasteiger partial charge is 0.491 e. The van der Waals surface area contributed by atoms with Crippen molar-refractivity contribution in [3.63, 3.8) is 0 Å². The smallest absolute Gasteiger partial charge is 0.181 e. The van der Waals surface area contributed by atoms with Gasteiger partial charge in [0.2, 0.25) is 0 Å². The fraction of sp³-hybridized carbons (Fsp3) is 0.381. The molecule has 1 saturated carbocycles. The zero-order valence-electron chi connectivity index (χ0n) is 28.4. The molecule has 254 valence electrons. The van der Waals surface area contributed by atoms with E-state index in [0.29, 0.717) is 45.6 Å². The number of ether oxygens (including phenoxy) is 5. The van der Waals surface area contributed by atoms with Gasteiger partial charge in [-0.15, -0.1) is 0 Å². The van der Waals surface area contributed by atoms with Crippen molar-refractivity contribution in [2.75, 3.05) is 39.6 Å². The molecule has 0 aromatic heterocycles. The van der Waals surface area contributed by atoms with Crippen LogP contribution in [0.25, 0.3) is 21.5 Å². The van der Waals surface area contributed by atoms with Crippen molar-refractivity contribution >= 4 is 21.5 Å². The van der Waals surface area contributed by atoms with Crippen LogP contribution >= 0.6 is 0 Å². The van der Waals surface area contributed by atoms with E-state index in [1.807, 2.05) is 19.1 Å². The van der Waals surface area contributed by atoms with Crippen molar-refractivity contribution in [2.45, 2.75) is 63.6 Å². The molecule has 5 aromatic carbocycles. The normalized spacial score (nSPS) is 20.1. The molecule has 2 fully saturated rings. The zero-order chi connectivity index (χ0) is 33.2. The highest BCUT2D eigenvalue weighted by Crippen LogP contribution is 2.56. The number of epoxide rings is 1. The maximum atomic E-state index is 6.80. The van der Waals surface area contributed by atoms with E-state index >= 15 is 0 Å². The van der Waals surface area contributed by atoms with Crippen LogP contribution in [0.1, 0.15) is 74.1 Å². The van der Waals surface area contributed by atoms with Crippen LogP contribution in [-0.4, -0.2) is 45.9 Å². The fourth-order valence-corrected chi connectivity index (χ4v) is 7.81. The van der Waals surface area contributed by atoms with Crippen LogP contribution in [0.2, 0.25) is 0 Å². The summed E-state index contributed by atoms with van der Waals surface area (Å²) in [6.45, 7) is 7.10. The number of hydrogen-bond acceptors (Lipinski definition) is 7. The summed E-state index contributed by atoms with van der Waals surface area (Å²) in [5, 5.41) is 4.46. The Balaban J connectivity index is 1.23. The third-order valence-corrected chi connectivity index (χ3v) is 10.3. The molecule has 2 unspecified atom stereocenters. The summed E-state index contributed by atoms with van der Waals surface area (Å²) in [4.78, 5) is 10.1. The first-order valence-electron chi connectivity index (χ1n) is 17.8. The van der Waals surface area contributed by atoms with Gasteiger partial charge in [0.15, 0.2) is 6.29 Å². The average Bonchev–Trinajstić information content (AvgIpc) is 3.98. The predicted molar refractivity (Wildman–Crippen MR) is 190 cm³/mol. The van der Waals surface area contributed by atoms with Gasteiger partial charge in [0, 0.05) is 11.1 Å². The van der Waals surface area contributed by atoms with Crippen LogP contribution in [0.3, 0.4) is 0 Å². The van der Waals surface area contributed by atoms with Crippen molar-refractivity contribution in [1.82, 2.24) is 0 Å². The van der Waals surface area contributed by atoms with Crippen molar-refractivity contribution in [1.29, 1.82) is 0 Å². The third kappa shape index (κ3) is 6.49. The molecule has 8 rings (SSSR count). The van der Waals surface area contributed by atoms with Gasteiger partial charge < -0.3 is 23.7 Å². The average molecular weight is 661 g/mol. The summed E-state index contributed by atoms with van der Waals surface area (Å²) in [5.74, 6) is 3.95. The molecule has 1 saturated heterocycles.